The van der Waals surface area contributed by atoms with E-state index in [1.165, 1.54) is 0 Å². The van der Waals surface area contributed by atoms with E-state index < -0.39 is 12.7 Å². The van der Waals surface area contributed by atoms with Gasteiger partial charge >= 0.3 is 6.61 Å². The monoisotopic (exact) mass is 369 g/mol. The van der Waals surface area contributed by atoms with Gasteiger partial charge in [0.1, 0.15) is 0 Å². The first-order valence-corrected chi connectivity index (χ1v) is 9.29. The predicted octanol–water partition coefficient (Wildman–Crippen LogP) is 0.468. The van der Waals surface area contributed by atoms with E-state index in [0.717, 1.165) is 6.42 Å². The number of fused-ring (bicyclic) bond motifs is 1. The topological polar surface area (TPSA) is 78.3 Å². The Morgan fingerprint density at radius 3 is 2.88 bits per heavy atom. The molecule has 0 spiro atoms. The Morgan fingerprint density at radius 2 is 2.15 bits per heavy atom. The molecule has 4 aliphatic heterocycles. The number of nitrogens with zero attached hydrogens (tertiary/aromatic N) is 3. The fourth-order valence-corrected chi connectivity index (χ4v) is 4.86. The number of amides is 1. The van der Waals surface area contributed by atoms with Crippen LogP contribution >= 0.6 is 0 Å². The summed E-state index contributed by atoms with van der Waals surface area (Å²) in [5, 5.41) is 7.63. The van der Waals surface area contributed by atoms with Gasteiger partial charge in [-0.25, -0.2) is 0 Å². The van der Waals surface area contributed by atoms with Crippen molar-refractivity contribution in [3.63, 3.8) is 0 Å². The van der Waals surface area contributed by atoms with E-state index in [-0.39, 0.29) is 48.3 Å². The van der Waals surface area contributed by atoms with Crippen molar-refractivity contribution in [2.75, 3.05) is 19.6 Å². The summed E-state index contributed by atoms with van der Waals surface area (Å²) in [6.07, 6.45) is 4.49. The van der Waals surface area contributed by atoms with Crippen molar-refractivity contribution in [1.29, 1.82) is 0 Å². The van der Waals surface area contributed by atoms with E-state index in [0.29, 0.717) is 19.5 Å². The summed E-state index contributed by atoms with van der Waals surface area (Å²) in [7, 11) is 0. The van der Waals surface area contributed by atoms with E-state index >= 15 is 0 Å². The molecule has 0 saturated carbocycles. The van der Waals surface area contributed by atoms with Crippen LogP contribution in [-0.4, -0.2) is 73.7 Å². The number of rotatable bonds is 4. The van der Waals surface area contributed by atoms with Crippen LogP contribution in [0.25, 0.3) is 0 Å². The number of ether oxygens (including phenoxy) is 1. The maximum Gasteiger partial charge on any atom is 0.345 e. The Balaban J connectivity index is 1.42. The second-order valence-corrected chi connectivity index (χ2v) is 7.75. The molecule has 26 heavy (non-hydrogen) atoms. The van der Waals surface area contributed by atoms with Crippen LogP contribution in [0.5, 0.6) is 0 Å². The fourth-order valence-electron chi connectivity index (χ4n) is 4.86. The minimum atomic E-state index is -2.76. The number of nitrogens with one attached hydrogen (secondary N) is 2. The summed E-state index contributed by atoms with van der Waals surface area (Å²) in [6.45, 7) is 0.949. The molecule has 0 aliphatic carbocycles. The number of piperidine rings is 1. The van der Waals surface area contributed by atoms with Crippen molar-refractivity contribution in [3.05, 3.63) is 0 Å². The summed E-state index contributed by atoms with van der Waals surface area (Å²) in [6, 6.07) is 0.220. The maximum absolute atomic E-state index is 12.9. The van der Waals surface area contributed by atoms with Gasteiger partial charge in [0.2, 0.25) is 5.91 Å². The zero-order valence-corrected chi connectivity index (χ0v) is 14.7. The summed E-state index contributed by atoms with van der Waals surface area (Å²) >= 11 is 0. The van der Waals surface area contributed by atoms with E-state index in [9.17, 15) is 13.6 Å². The van der Waals surface area contributed by atoms with E-state index in [4.69, 9.17) is 0 Å². The number of carbonyl (C=O) groups excluding carboxylic acids is 1. The molecule has 4 heterocycles. The zero-order chi connectivity index (χ0) is 18.3. The third kappa shape index (κ3) is 3.34. The quantitative estimate of drug-likeness (QED) is 0.755. The minimum absolute atomic E-state index is 0.0145. The molecule has 1 amide bonds. The molecule has 7 nitrogen and oxygen atoms in total. The molecule has 0 aromatic heterocycles. The molecule has 7 unspecified atom stereocenters. The summed E-state index contributed by atoms with van der Waals surface area (Å²) in [4.78, 5) is 19.0. The Kier molecular flexibility index (Phi) is 4.92. The number of hydrogen-bond acceptors (Lipinski definition) is 6. The molecule has 9 heteroatoms. The van der Waals surface area contributed by atoms with Gasteiger partial charge in [0.25, 0.3) is 0 Å². The van der Waals surface area contributed by atoms with Crippen LogP contribution in [0.4, 0.5) is 8.78 Å². The summed E-state index contributed by atoms with van der Waals surface area (Å²) in [5.74, 6) is 0.438. The van der Waals surface area contributed by atoms with Gasteiger partial charge in [-0.2, -0.15) is 13.9 Å². The van der Waals surface area contributed by atoms with Crippen molar-refractivity contribution < 1.29 is 18.3 Å². The van der Waals surface area contributed by atoms with Crippen LogP contribution in [0.3, 0.4) is 0 Å². The number of aliphatic imine (C=N–C) groups is 1. The van der Waals surface area contributed by atoms with Crippen molar-refractivity contribution in [1.82, 2.24) is 15.6 Å². The van der Waals surface area contributed by atoms with E-state index in [1.807, 2.05) is 11.1 Å². The highest BCUT2D eigenvalue weighted by molar-refractivity contribution is 5.86. The molecule has 2 saturated heterocycles. The molecule has 0 aromatic rings. The Bertz CT molecular complexity index is 602. The van der Waals surface area contributed by atoms with E-state index in [1.54, 1.807) is 6.21 Å². The predicted molar refractivity (Wildman–Crippen MR) is 92.3 cm³/mol. The van der Waals surface area contributed by atoms with Gasteiger partial charge in [-0.15, -0.1) is 0 Å². The van der Waals surface area contributed by atoms with Gasteiger partial charge in [-0.3, -0.25) is 9.79 Å². The Morgan fingerprint density at radius 1 is 1.31 bits per heavy atom. The van der Waals surface area contributed by atoms with Crippen LogP contribution in [0.1, 0.15) is 19.8 Å². The molecule has 2 fully saturated rings. The number of likely N-dealkylation sites (tertiary alicyclic amines) is 1. The first kappa shape index (κ1) is 17.8. The lowest BCUT2D eigenvalue weighted by Gasteiger charge is -2.40. The molecule has 0 aromatic carbocycles. The first-order chi connectivity index (χ1) is 12.5. The Labute approximate surface area is 151 Å². The van der Waals surface area contributed by atoms with Gasteiger partial charge in [-0.05, 0) is 18.8 Å². The molecule has 7 atom stereocenters. The molecule has 4 rings (SSSR count). The van der Waals surface area contributed by atoms with Crippen LogP contribution in [-0.2, 0) is 9.53 Å². The molecule has 0 bridgehead atoms. The molecule has 2 N–H and O–H groups in total. The number of carbonyl (C=O) groups is 1. The van der Waals surface area contributed by atoms with Crippen molar-refractivity contribution >= 4 is 18.3 Å². The zero-order valence-electron chi connectivity index (χ0n) is 14.7. The smallest absolute Gasteiger partial charge is 0.331 e. The van der Waals surface area contributed by atoms with E-state index in [2.05, 4.69) is 32.5 Å². The molecule has 0 radical (unpaired) electrons. The van der Waals surface area contributed by atoms with Crippen LogP contribution in [0.15, 0.2) is 10.1 Å². The maximum atomic E-state index is 12.9. The van der Waals surface area contributed by atoms with Gasteiger partial charge in [0, 0.05) is 37.0 Å². The van der Waals surface area contributed by atoms with Gasteiger partial charge in [0.15, 0.2) is 0 Å². The minimum Gasteiger partial charge on any atom is -0.331 e. The van der Waals surface area contributed by atoms with Crippen molar-refractivity contribution in [2.45, 2.75) is 50.6 Å². The number of halogens is 2. The summed E-state index contributed by atoms with van der Waals surface area (Å²) in [5.41, 5.74) is 2.91. The van der Waals surface area contributed by atoms with Crippen LogP contribution in [0.2, 0.25) is 0 Å². The fraction of sp³-hybridized carbons (Fsp3) is 0.824. The number of hydrogen-bond donors (Lipinski definition) is 2. The third-order valence-electron chi connectivity index (χ3n) is 6.05. The lowest BCUT2D eigenvalue weighted by Crippen LogP contribution is -2.55. The van der Waals surface area contributed by atoms with Crippen LogP contribution in [0, 0.1) is 17.8 Å². The second-order valence-electron chi connectivity index (χ2n) is 7.75. The third-order valence-corrected chi connectivity index (χ3v) is 6.05. The molecule has 4 aliphatic rings. The second kappa shape index (κ2) is 7.19. The first-order valence-electron chi connectivity index (χ1n) is 9.29. The largest absolute Gasteiger partial charge is 0.345 e. The summed E-state index contributed by atoms with van der Waals surface area (Å²) < 4.78 is 29.7. The van der Waals surface area contributed by atoms with Gasteiger partial charge in [-0.1, -0.05) is 6.92 Å². The van der Waals surface area contributed by atoms with Crippen LogP contribution < -0.4 is 10.7 Å². The number of alkyl halides is 2. The van der Waals surface area contributed by atoms with Gasteiger partial charge < -0.3 is 20.4 Å². The van der Waals surface area contributed by atoms with Gasteiger partial charge in [0.05, 0.1) is 31.2 Å². The highest BCUT2D eigenvalue weighted by atomic mass is 19.3. The lowest BCUT2D eigenvalue weighted by atomic mass is 9.76. The standard InChI is InChI=1S/C17H25F2N5O2/c1-9-2-13(10-3-12(7-20-4-10)26-17(18)19)23-14-8-24(16(25)15(9)14)11-5-21-22-6-11/h4-5,9-15,17,22-23H,2-3,6-8H2,1H3. The van der Waals surface area contributed by atoms with Crippen molar-refractivity contribution in [2.24, 2.45) is 27.8 Å². The number of hydrazone groups is 1. The highest BCUT2D eigenvalue weighted by Gasteiger charge is 2.50. The average Bonchev–Trinajstić information content (AvgIpc) is 3.22. The SMILES string of the molecule is CC1CC(C2C=NCC(OC(F)F)C2)NC2CN(C3C=NNC3)C(=O)C12. The molecular weight excluding hydrogens is 344 g/mol. The lowest BCUT2D eigenvalue weighted by molar-refractivity contribution is -0.164. The normalized spacial score (nSPS) is 42.4. The molecule has 144 valence electrons. The Hall–Kier alpha value is -1.61. The highest BCUT2D eigenvalue weighted by Crippen LogP contribution is 2.37. The van der Waals surface area contributed by atoms with Crippen molar-refractivity contribution in [3.8, 4) is 0 Å². The average molecular weight is 369 g/mol. The molecular formula is C17H25F2N5O2.